The second kappa shape index (κ2) is 11.2. The first kappa shape index (κ1) is 16.6. The van der Waals surface area contributed by atoms with Gasteiger partial charge in [0.25, 0.3) is 0 Å². The van der Waals surface area contributed by atoms with Crippen molar-refractivity contribution in [1.29, 1.82) is 0 Å². The number of carbonyl (C=O) groups is 2. The van der Waals surface area contributed by atoms with Crippen LogP contribution in [0.15, 0.2) is 0 Å². The monoisotopic (exact) mass is 229 g/mol. The zero-order valence-electron chi connectivity index (χ0n) is 8.21. The van der Waals surface area contributed by atoms with Crippen molar-refractivity contribution in [2.75, 3.05) is 5.75 Å². The summed E-state index contributed by atoms with van der Waals surface area (Å²) in [6, 6.07) is 0. The minimum atomic E-state index is -0.570. The fourth-order valence-corrected chi connectivity index (χ4v) is 0.794. The van der Waals surface area contributed by atoms with Crippen molar-refractivity contribution < 1.29 is 14.3 Å². The van der Waals surface area contributed by atoms with Crippen LogP contribution in [0.5, 0.6) is 0 Å². The van der Waals surface area contributed by atoms with Gasteiger partial charge in [0.1, 0.15) is 0 Å². The predicted octanol–water partition coefficient (Wildman–Crippen LogP) is 1.19. The van der Waals surface area contributed by atoms with Crippen LogP contribution in [0.3, 0.4) is 0 Å². The van der Waals surface area contributed by atoms with E-state index in [1.165, 1.54) is 0 Å². The third-order valence-electron chi connectivity index (χ3n) is 1.34. The molecular formula is C8H14KO3S. The van der Waals surface area contributed by atoms with Crippen molar-refractivity contribution in [3.8, 4) is 0 Å². The summed E-state index contributed by atoms with van der Waals surface area (Å²) in [4.78, 5) is 21.3. The first-order valence-electron chi connectivity index (χ1n) is 4.05. The van der Waals surface area contributed by atoms with Gasteiger partial charge < -0.3 is 4.74 Å². The molecule has 0 aromatic rings. The number of ether oxygens (including phenoxy) is 1. The number of hydrogen-bond donors (Lipinski definition) is 1. The molecule has 0 aliphatic carbocycles. The van der Waals surface area contributed by atoms with E-state index in [4.69, 9.17) is 0 Å². The van der Waals surface area contributed by atoms with Crippen LogP contribution in [-0.4, -0.2) is 69.1 Å². The first-order valence-corrected chi connectivity index (χ1v) is 4.68. The number of thiol groups is 1. The van der Waals surface area contributed by atoms with Crippen LogP contribution in [0.25, 0.3) is 0 Å². The van der Waals surface area contributed by atoms with Crippen molar-refractivity contribution >= 4 is 76.0 Å². The number of rotatable bonds is 5. The molecule has 0 heterocycles. The quantitative estimate of drug-likeness (QED) is 0.253. The molecule has 0 spiro atoms. The molecule has 0 bridgehead atoms. The Bertz CT molecular complexity index is 161. The van der Waals surface area contributed by atoms with Gasteiger partial charge in [0.2, 0.25) is 0 Å². The summed E-state index contributed by atoms with van der Waals surface area (Å²) in [7, 11) is 0. The SMILES string of the molecule is CCCCCC(=O)OC(=O)CS.[K]. The molecule has 0 saturated carbocycles. The van der Waals surface area contributed by atoms with Crippen molar-refractivity contribution in [1.82, 2.24) is 0 Å². The Morgan fingerprint density at radius 1 is 1.23 bits per heavy atom. The minimum absolute atomic E-state index is 0. The van der Waals surface area contributed by atoms with Gasteiger partial charge in [-0.1, -0.05) is 19.8 Å². The summed E-state index contributed by atoms with van der Waals surface area (Å²) in [6.45, 7) is 2.05. The number of unbranched alkanes of at least 4 members (excludes halogenated alkanes) is 2. The van der Waals surface area contributed by atoms with Gasteiger partial charge in [-0.25, -0.2) is 0 Å². The summed E-state index contributed by atoms with van der Waals surface area (Å²) < 4.78 is 4.39. The van der Waals surface area contributed by atoms with Gasteiger partial charge in [0.15, 0.2) is 0 Å². The Morgan fingerprint density at radius 2 is 1.85 bits per heavy atom. The molecule has 1 radical (unpaired) electrons. The van der Waals surface area contributed by atoms with Gasteiger partial charge in [0.05, 0.1) is 5.75 Å². The van der Waals surface area contributed by atoms with E-state index in [-0.39, 0.29) is 57.1 Å². The molecule has 0 aromatic heterocycles. The largest absolute Gasteiger partial charge is 0.393 e. The molecule has 0 saturated heterocycles. The molecule has 71 valence electrons. The van der Waals surface area contributed by atoms with Gasteiger partial charge in [-0.15, -0.1) is 0 Å². The number of hydrogen-bond acceptors (Lipinski definition) is 4. The first-order chi connectivity index (χ1) is 5.70. The molecule has 0 unspecified atom stereocenters. The molecule has 0 aliphatic heterocycles. The Hall–Kier alpha value is 1.13. The second-order valence-corrected chi connectivity index (χ2v) is 2.78. The topological polar surface area (TPSA) is 43.4 Å². The van der Waals surface area contributed by atoms with E-state index in [1.807, 2.05) is 6.92 Å². The van der Waals surface area contributed by atoms with Crippen molar-refractivity contribution in [2.24, 2.45) is 0 Å². The Labute approximate surface area is 127 Å². The molecule has 0 N–H and O–H groups in total. The molecule has 0 atom stereocenters. The average Bonchev–Trinajstić information content (AvgIpc) is 2.05. The summed E-state index contributed by atoms with van der Waals surface area (Å²) in [5, 5.41) is 0. The van der Waals surface area contributed by atoms with Crippen LogP contribution >= 0.6 is 12.6 Å². The van der Waals surface area contributed by atoms with Crippen LogP contribution in [0.4, 0.5) is 0 Å². The number of esters is 2. The maximum atomic E-state index is 10.8. The van der Waals surface area contributed by atoms with Gasteiger partial charge in [-0.2, -0.15) is 12.6 Å². The smallest absolute Gasteiger partial charge is 0.323 e. The summed E-state index contributed by atoms with van der Waals surface area (Å²) in [6.07, 6.45) is 3.15. The maximum Gasteiger partial charge on any atom is 0.323 e. The normalized spacial score (nSPS) is 8.77. The van der Waals surface area contributed by atoms with Crippen molar-refractivity contribution in [3.05, 3.63) is 0 Å². The van der Waals surface area contributed by atoms with Crippen LogP contribution in [-0.2, 0) is 14.3 Å². The summed E-state index contributed by atoms with van der Waals surface area (Å²) >= 11 is 3.67. The molecule has 0 rings (SSSR count). The Kier molecular flexibility index (Phi) is 14.3. The molecular weight excluding hydrogens is 215 g/mol. The third-order valence-corrected chi connectivity index (χ3v) is 1.60. The van der Waals surface area contributed by atoms with E-state index in [0.29, 0.717) is 6.42 Å². The van der Waals surface area contributed by atoms with Gasteiger partial charge >= 0.3 is 11.9 Å². The second-order valence-electron chi connectivity index (χ2n) is 2.46. The molecule has 0 aliphatic rings. The van der Waals surface area contributed by atoms with Gasteiger partial charge in [0, 0.05) is 57.8 Å². The predicted molar refractivity (Wildman–Crippen MR) is 54.8 cm³/mol. The Balaban J connectivity index is 0. The Morgan fingerprint density at radius 3 is 2.31 bits per heavy atom. The van der Waals surface area contributed by atoms with Crippen LogP contribution < -0.4 is 0 Å². The zero-order valence-corrected chi connectivity index (χ0v) is 12.2. The summed E-state index contributed by atoms with van der Waals surface area (Å²) in [5.74, 6) is -1.05. The van der Waals surface area contributed by atoms with Crippen LogP contribution in [0.1, 0.15) is 32.6 Å². The van der Waals surface area contributed by atoms with Gasteiger partial charge in [-0.05, 0) is 6.42 Å². The van der Waals surface area contributed by atoms with E-state index < -0.39 is 11.9 Å². The molecule has 0 fully saturated rings. The fourth-order valence-electron chi connectivity index (χ4n) is 0.730. The minimum Gasteiger partial charge on any atom is -0.393 e. The van der Waals surface area contributed by atoms with E-state index >= 15 is 0 Å². The van der Waals surface area contributed by atoms with E-state index in [1.54, 1.807) is 0 Å². The van der Waals surface area contributed by atoms with Crippen LogP contribution in [0.2, 0.25) is 0 Å². The van der Waals surface area contributed by atoms with E-state index in [0.717, 1.165) is 19.3 Å². The third kappa shape index (κ3) is 11.1. The summed E-state index contributed by atoms with van der Waals surface area (Å²) in [5.41, 5.74) is 0. The molecule has 5 heteroatoms. The van der Waals surface area contributed by atoms with Crippen molar-refractivity contribution in [3.63, 3.8) is 0 Å². The molecule has 0 aromatic carbocycles. The fraction of sp³-hybridized carbons (Fsp3) is 0.750. The van der Waals surface area contributed by atoms with Gasteiger partial charge in [-0.3, -0.25) is 9.59 Å². The molecule has 3 nitrogen and oxygen atoms in total. The maximum absolute atomic E-state index is 10.8. The van der Waals surface area contributed by atoms with E-state index in [9.17, 15) is 9.59 Å². The number of carbonyl (C=O) groups excluding carboxylic acids is 2. The van der Waals surface area contributed by atoms with Crippen LogP contribution in [0, 0.1) is 0 Å². The average molecular weight is 229 g/mol. The molecule has 0 amide bonds. The standard InChI is InChI=1S/C8H14O3S.K/c1-2-3-4-5-7(9)11-8(10)6-12;/h12H,2-6H2,1H3;. The van der Waals surface area contributed by atoms with Crippen molar-refractivity contribution in [2.45, 2.75) is 32.6 Å². The molecule has 13 heavy (non-hydrogen) atoms. The zero-order chi connectivity index (χ0) is 9.40. The van der Waals surface area contributed by atoms with E-state index in [2.05, 4.69) is 17.4 Å².